The van der Waals surface area contributed by atoms with Gasteiger partial charge in [-0.05, 0) is 24.6 Å². The van der Waals surface area contributed by atoms with Crippen molar-refractivity contribution in [2.75, 3.05) is 13.7 Å². The third-order valence-electron chi connectivity index (χ3n) is 2.01. The van der Waals surface area contributed by atoms with Crippen molar-refractivity contribution in [1.82, 2.24) is 0 Å². The van der Waals surface area contributed by atoms with Gasteiger partial charge in [0, 0.05) is 0 Å². The molecule has 0 aliphatic carbocycles. The number of ether oxygens (including phenoxy) is 2. The fraction of sp³-hybridized carbons (Fsp3) is 0.364. The first-order valence-corrected chi connectivity index (χ1v) is 4.75. The zero-order chi connectivity index (χ0) is 11.3. The van der Waals surface area contributed by atoms with Crippen molar-refractivity contribution in [2.24, 2.45) is 5.73 Å². The van der Waals surface area contributed by atoms with Crippen LogP contribution in [0.4, 0.5) is 0 Å². The van der Waals surface area contributed by atoms with Crippen molar-refractivity contribution in [3.63, 3.8) is 0 Å². The summed E-state index contributed by atoms with van der Waals surface area (Å²) < 4.78 is 9.82. The summed E-state index contributed by atoms with van der Waals surface area (Å²) in [5.41, 5.74) is 6.37. The third-order valence-corrected chi connectivity index (χ3v) is 2.01. The van der Waals surface area contributed by atoms with Crippen LogP contribution in [0.5, 0.6) is 5.75 Å². The second-order valence-electron chi connectivity index (χ2n) is 3.00. The van der Waals surface area contributed by atoms with E-state index in [4.69, 9.17) is 10.5 Å². The van der Waals surface area contributed by atoms with Crippen molar-refractivity contribution in [3.8, 4) is 5.75 Å². The van der Waals surface area contributed by atoms with Crippen LogP contribution in [0, 0.1) is 0 Å². The van der Waals surface area contributed by atoms with E-state index >= 15 is 0 Å². The number of hydrogen-bond acceptors (Lipinski definition) is 4. The van der Waals surface area contributed by atoms with Crippen LogP contribution in [0.15, 0.2) is 24.3 Å². The van der Waals surface area contributed by atoms with Gasteiger partial charge in [0.25, 0.3) is 0 Å². The average Bonchev–Trinajstić information content (AvgIpc) is 2.28. The largest absolute Gasteiger partial charge is 0.494 e. The van der Waals surface area contributed by atoms with Gasteiger partial charge in [-0.25, -0.2) is 0 Å². The molecule has 0 radical (unpaired) electrons. The Morgan fingerprint density at radius 1 is 1.40 bits per heavy atom. The molecule has 0 aromatic heterocycles. The number of carbonyl (C=O) groups is 1. The van der Waals surface area contributed by atoms with Gasteiger partial charge in [-0.15, -0.1) is 0 Å². The second-order valence-corrected chi connectivity index (χ2v) is 3.00. The van der Waals surface area contributed by atoms with Gasteiger partial charge in [-0.3, -0.25) is 4.79 Å². The van der Waals surface area contributed by atoms with Crippen LogP contribution in [0.1, 0.15) is 18.5 Å². The molecule has 0 aliphatic rings. The quantitative estimate of drug-likeness (QED) is 0.758. The number of methoxy groups -OCH3 is 1. The minimum Gasteiger partial charge on any atom is -0.494 e. The standard InChI is InChI=1S/C11H15NO3/c1-3-15-9-6-4-8(5-7-9)10(12)11(13)14-2/h4-7,10H,3,12H2,1-2H3/t10-/m0/s1. The van der Waals surface area contributed by atoms with Gasteiger partial charge in [0.15, 0.2) is 0 Å². The fourth-order valence-corrected chi connectivity index (χ4v) is 1.20. The summed E-state index contributed by atoms with van der Waals surface area (Å²) in [4.78, 5) is 11.1. The Kier molecular flexibility index (Phi) is 4.12. The summed E-state index contributed by atoms with van der Waals surface area (Å²) in [5, 5.41) is 0. The molecule has 4 nitrogen and oxygen atoms in total. The molecule has 0 saturated carbocycles. The lowest BCUT2D eigenvalue weighted by atomic mass is 10.1. The molecule has 1 aromatic rings. The number of esters is 1. The van der Waals surface area contributed by atoms with Gasteiger partial charge in [0.05, 0.1) is 13.7 Å². The van der Waals surface area contributed by atoms with Crippen molar-refractivity contribution in [1.29, 1.82) is 0 Å². The lowest BCUT2D eigenvalue weighted by Gasteiger charge is -2.10. The molecule has 0 unspecified atom stereocenters. The summed E-state index contributed by atoms with van der Waals surface area (Å²) in [6.07, 6.45) is 0. The maximum atomic E-state index is 11.1. The molecular formula is C11H15NO3. The Morgan fingerprint density at radius 3 is 2.47 bits per heavy atom. The highest BCUT2D eigenvalue weighted by atomic mass is 16.5. The first-order chi connectivity index (χ1) is 7.19. The van der Waals surface area contributed by atoms with Crippen molar-refractivity contribution in [3.05, 3.63) is 29.8 Å². The monoisotopic (exact) mass is 209 g/mol. The van der Waals surface area contributed by atoms with Crippen LogP contribution in [0.25, 0.3) is 0 Å². The van der Waals surface area contributed by atoms with Crippen molar-refractivity contribution >= 4 is 5.97 Å². The van der Waals surface area contributed by atoms with Gasteiger partial charge in [-0.1, -0.05) is 12.1 Å². The summed E-state index contributed by atoms with van der Waals surface area (Å²) in [6, 6.07) is 6.34. The zero-order valence-electron chi connectivity index (χ0n) is 8.90. The minimum atomic E-state index is -0.731. The van der Waals surface area contributed by atoms with E-state index < -0.39 is 12.0 Å². The van der Waals surface area contributed by atoms with E-state index in [1.54, 1.807) is 24.3 Å². The average molecular weight is 209 g/mol. The Hall–Kier alpha value is -1.55. The van der Waals surface area contributed by atoms with Gasteiger partial charge in [0.1, 0.15) is 11.8 Å². The Morgan fingerprint density at radius 2 is 2.00 bits per heavy atom. The summed E-state index contributed by atoms with van der Waals surface area (Å²) in [6.45, 7) is 2.52. The van der Waals surface area contributed by atoms with Gasteiger partial charge in [0.2, 0.25) is 0 Å². The van der Waals surface area contributed by atoms with Crippen LogP contribution >= 0.6 is 0 Å². The summed E-state index contributed by atoms with van der Waals surface area (Å²) in [5.74, 6) is 0.317. The Balaban J connectivity index is 2.75. The predicted molar refractivity (Wildman–Crippen MR) is 56.6 cm³/mol. The maximum absolute atomic E-state index is 11.1. The van der Waals surface area contributed by atoms with Crippen LogP contribution in [0.3, 0.4) is 0 Å². The van der Waals surface area contributed by atoms with Crippen LogP contribution in [0.2, 0.25) is 0 Å². The molecule has 0 saturated heterocycles. The Labute approximate surface area is 89.0 Å². The van der Waals surface area contributed by atoms with Gasteiger partial charge in [-0.2, -0.15) is 0 Å². The Bertz CT molecular complexity index is 321. The van der Waals surface area contributed by atoms with Crippen LogP contribution in [-0.4, -0.2) is 19.7 Å². The number of hydrogen-bond donors (Lipinski definition) is 1. The first-order valence-electron chi connectivity index (χ1n) is 4.75. The smallest absolute Gasteiger partial charge is 0.327 e. The topological polar surface area (TPSA) is 61.5 Å². The predicted octanol–water partition coefficient (Wildman–Crippen LogP) is 1.26. The van der Waals surface area contributed by atoms with E-state index in [9.17, 15) is 4.79 Å². The molecule has 0 heterocycles. The molecule has 0 fully saturated rings. The van der Waals surface area contributed by atoms with Crippen LogP contribution in [-0.2, 0) is 9.53 Å². The molecule has 1 atom stereocenters. The lowest BCUT2D eigenvalue weighted by Crippen LogP contribution is -2.22. The fourth-order valence-electron chi connectivity index (χ4n) is 1.20. The van der Waals surface area contributed by atoms with E-state index in [-0.39, 0.29) is 0 Å². The maximum Gasteiger partial charge on any atom is 0.327 e. The van der Waals surface area contributed by atoms with Crippen molar-refractivity contribution in [2.45, 2.75) is 13.0 Å². The molecule has 1 rings (SSSR count). The lowest BCUT2D eigenvalue weighted by molar-refractivity contribution is -0.142. The van der Waals surface area contributed by atoms with E-state index in [1.165, 1.54) is 7.11 Å². The van der Waals surface area contributed by atoms with E-state index in [0.29, 0.717) is 12.2 Å². The molecule has 0 amide bonds. The minimum absolute atomic E-state index is 0.445. The molecule has 15 heavy (non-hydrogen) atoms. The molecule has 2 N–H and O–H groups in total. The number of rotatable bonds is 4. The highest BCUT2D eigenvalue weighted by Gasteiger charge is 2.15. The summed E-state index contributed by atoms with van der Waals surface area (Å²) >= 11 is 0. The molecule has 0 spiro atoms. The van der Waals surface area contributed by atoms with E-state index in [0.717, 1.165) is 5.75 Å². The zero-order valence-corrected chi connectivity index (χ0v) is 8.90. The van der Waals surface area contributed by atoms with Gasteiger partial charge < -0.3 is 15.2 Å². The molecule has 82 valence electrons. The first kappa shape index (κ1) is 11.5. The van der Waals surface area contributed by atoms with Crippen LogP contribution < -0.4 is 10.5 Å². The summed E-state index contributed by atoms with van der Waals surface area (Å²) in [7, 11) is 1.32. The molecule has 1 aromatic carbocycles. The highest BCUT2D eigenvalue weighted by Crippen LogP contribution is 2.17. The van der Waals surface area contributed by atoms with Crippen molar-refractivity contribution < 1.29 is 14.3 Å². The number of nitrogens with two attached hydrogens (primary N) is 1. The van der Waals surface area contributed by atoms with Gasteiger partial charge >= 0.3 is 5.97 Å². The van der Waals surface area contributed by atoms with E-state index in [1.807, 2.05) is 6.92 Å². The normalized spacial score (nSPS) is 11.9. The third kappa shape index (κ3) is 2.95. The molecule has 0 bridgehead atoms. The molecular weight excluding hydrogens is 194 g/mol. The highest BCUT2D eigenvalue weighted by molar-refractivity contribution is 5.77. The number of carbonyl (C=O) groups excluding carboxylic acids is 1. The molecule has 0 aliphatic heterocycles. The molecule has 4 heteroatoms. The number of benzene rings is 1. The SMILES string of the molecule is CCOc1ccc([C@H](N)C(=O)OC)cc1. The second kappa shape index (κ2) is 5.36. The van der Waals surface area contributed by atoms with E-state index in [2.05, 4.69) is 4.74 Å².